The van der Waals surface area contributed by atoms with Crippen LogP contribution in [0.4, 0.5) is 0 Å². The topological polar surface area (TPSA) is 47.6 Å². The Morgan fingerprint density at radius 1 is 1.60 bits per heavy atom. The minimum Gasteiger partial charge on any atom is -0.512 e. The molecule has 0 fully saturated rings. The first kappa shape index (κ1) is 8.86. The molecule has 0 atom stereocenters. The molecule has 0 amide bonds. The van der Waals surface area contributed by atoms with E-state index in [1.807, 2.05) is 0 Å². The first-order valence-electron chi connectivity index (χ1n) is 0.636. The van der Waals surface area contributed by atoms with Crippen molar-refractivity contribution in [2.75, 3.05) is 0 Å². The smallest absolute Gasteiger partial charge is 0.173 e. The lowest BCUT2D eigenvalue weighted by Crippen LogP contribution is -0.952. The summed E-state index contributed by atoms with van der Waals surface area (Å²) in [5, 5.41) is 13.3. The van der Waals surface area contributed by atoms with Gasteiger partial charge in [0.05, 0.1) is 0 Å². The van der Waals surface area contributed by atoms with Crippen molar-refractivity contribution in [3.8, 4) is 5.53 Å². The van der Waals surface area contributed by atoms with Gasteiger partial charge in [-0.3, -0.25) is 0 Å². The fourth-order valence-electron chi connectivity index (χ4n) is 0. The Hall–Kier alpha value is -0.730. The minimum atomic E-state index is 1.22. The van der Waals surface area contributed by atoms with Crippen molar-refractivity contribution >= 4 is 11.6 Å². The lowest BCUT2D eigenvalue weighted by molar-refractivity contribution is 1.53. The van der Waals surface area contributed by atoms with Gasteiger partial charge < -0.3 is 11.8 Å². The van der Waals surface area contributed by atoms with E-state index < -0.39 is 0 Å². The molecule has 0 heterocycles. The van der Waals surface area contributed by atoms with Crippen molar-refractivity contribution in [1.29, 1.82) is 10.5 Å². The molecule has 0 N–H and O–H groups in total. The standard InChI is InChI=1S/CClN.CN/c2-1-3;1-2/q;-1. The van der Waals surface area contributed by atoms with Crippen LogP contribution in [0.3, 0.4) is 0 Å². The SMILES string of the molecule is N#CCl.[C-]#N. The van der Waals surface area contributed by atoms with Gasteiger partial charge in [-0.25, -0.2) is 0 Å². The lowest BCUT2D eigenvalue weighted by Gasteiger charge is -1.10. The number of rotatable bonds is 0. The molecule has 0 unspecified atom stereocenters. The maximum atomic E-state index is 7.08. The van der Waals surface area contributed by atoms with Crippen LogP contribution in [-0.2, 0) is 0 Å². The van der Waals surface area contributed by atoms with Crippen LogP contribution in [-0.4, -0.2) is 0 Å². The summed E-state index contributed by atoms with van der Waals surface area (Å²) in [6.45, 7) is 4.75. The Balaban J connectivity index is 0. The molecule has 0 spiro atoms. The second-order valence-corrected chi connectivity index (χ2v) is 0.254. The Bertz CT molecular complexity index is 50.4. The van der Waals surface area contributed by atoms with Crippen LogP contribution in [0.25, 0.3) is 0 Å². The highest BCUT2D eigenvalue weighted by molar-refractivity contribution is 6.28. The highest BCUT2D eigenvalue weighted by Crippen LogP contribution is 1.49. The summed E-state index contributed by atoms with van der Waals surface area (Å²) in [4.78, 5) is 0. The molecule has 0 saturated heterocycles. The first-order chi connectivity index (χ1) is 2.41. The molecule has 0 saturated carbocycles. The zero-order valence-corrected chi connectivity index (χ0v) is 3.03. The third-order valence-corrected chi connectivity index (χ3v) is 0. The fourth-order valence-corrected chi connectivity index (χ4v) is 0. The van der Waals surface area contributed by atoms with Crippen LogP contribution in [0.1, 0.15) is 0 Å². The van der Waals surface area contributed by atoms with Gasteiger partial charge in [-0.05, 0) is 0 Å². The summed E-state index contributed by atoms with van der Waals surface area (Å²) in [6, 6.07) is 0. The van der Waals surface area contributed by atoms with Gasteiger partial charge in [0.15, 0.2) is 5.53 Å². The second kappa shape index (κ2) is 231. The third kappa shape index (κ3) is 9.90. The number of hydrogen-bond acceptors (Lipinski definition) is 2. The van der Waals surface area contributed by atoms with Crippen molar-refractivity contribution < 1.29 is 0 Å². The van der Waals surface area contributed by atoms with E-state index in [9.17, 15) is 0 Å². The van der Waals surface area contributed by atoms with E-state index in [0.29, 0.717) is 0 Å². The molecular weight excluding hydrogens is 87.5 g/mol. The zero-order valence-electron chi connectivity index (χ0n) is 2.27. The largest absolute Gasteiger partial charge is 0.512 e. The summed E-state index contributed by atoms with van der Waals surface area (Å²) in [6.07, 6.45) is 0. The number of nitriles is 1. The van der Waals surface area contributed by atoms with Gasteiger partial charge in [0.25, 0.3) is 0 Å². The Kier molecular flexibility index (Phi) is 410. The van der Waals surface area contributed by atoms with E-state index in [-0.39, 0.29) is 0 Å². The molecule has 5 heavy (non-hydrogen) atoms. The molecule has 0 aliphatic rings. The van der Waals surface area contributed by atoms with Crippen molar-refractivity contribution in [3.05, 3.63) is 6.57 Å². The van der Waals surface area contributed by atoms with Crippen LogP contribution in [0.5, 0.6) is 0 Å². The highest BCUT2D eigenvalue weighted by atomic mass is 35.5. The molecule has 0 aromatic carbocycles. The molecule has 0 aromatic heterocycles. The van der Waals surface area contributed by atoms with Crippen LogP contribution >= 0.6 is 11.6 Å². The van der Waals surface area contributed by atoms with Crippen LogP contribution in [0, 0.1) is 22.6 Å². The Labute approximate surface area is 35.2 Å². The van der Waals surface area contributed by atoms with E-state index in [1.165, 1.54) is 5.53 Å². The molecule has 3 heteroatoms. The zero-order chi connectivity index (χ0) is 4.71. The van der Waals surface area contributed by atoms with Gasteiger partial charge in [0.2, 0.25) is 0 Å². The van der Waals surface area contributed by atoms with Crippen LogP contribution < -0.4 is 0 Å². The molecule has 2 nitrogen and oxygen atoms in total. The molecule has 0 bridgehead atoms. The van der Waals surface area contributed by atoms with Gasteiger partial charge in [-0.1, -0.05) is 0 Å². The summed E-state index contributed by atoms with van der Waals surface area (Å²) in [5.41, 5.74) is 1.22. The van der Waals surface area contributed by atoms with E-state index in [0.717, 1.165) is 0 Å². The predicted octanol–water partition coefficient (Wildman–Crippen LogP) is 0.803. The minimum absolute atomic E-state index is 1.22. The summed E-state index contributed by atoms with van der Waals surface area (Å²) < 4.78 is 0. The maximum absolute atomic E-state index is 7.08. The molecule has 0 radical (unpaired) electrons. The van der Waals surface area contributed by atoms with E-state index in [1.54, 1.807) is 0 Å². The molecule has 0 aliphatic heterocycles. The normalized spacial score (nSPS) is 2.00. The van der Waals surface area contributed by atoms with Gasteiger partial charge >= 0.3 is 0 Å². The average Bonchev–Trinajstić information content (AvgIpc) is 1.46. The first-order valence-corrected chi connectivity index (χ1v) is 1.01. The van der Waals surface area contributed by atoms with Gasteiger partial charge in [0, 0.05) is 11.6 Å². The predicted molar refractivity (Wildman–Crippen MR) is 16.4 cm³/mol. The molecule has 0 aromatic rings. The third-order valence-electron chi connectivity index (χ3n) is 0. The van der Waals surface area contributed by atoms with Crippen LogP contribution in [0.15, 0.2) is 0 Å². The van der Waals surface area contributed by atoms with Crippen molar-refractivity contribution in [2.45, 2.75) is 0 Å². The van der Waals surface area contributed by atoms with E-state index >= 15 is 0 Å². The molecule has 0 rings (SSSR count). The van der Waals surface area contributed by atoms with Crippen molar-refractivity contribution in [3.63, 3.8) is 0 Å². The number of nitrogens with zero attached hydrogens (tertiary/aromatic N) is 2. The van der Waals surface area contributed by atoms with E-state index in [2.05, 4.69) is 11.6 Å². The Morgan fingerprint density at radius 2 is 1.60 bits per heavy atom. The monoisotopic (exact) mass is 87.0 g/mol. The summed E-state index contributed by atoms with van der Waals surface area (Å²) in [7, 11) is 0. The van der Waals surface area contributed by atoms with Crippen molar-refractivity contribution in [1.82, 2.24) is 0 Å². The van der Waals surface area contributed by atoms with Gasteiger partial charge in [0.1, 0.15) is 0 Å². The molecular formula is C2ClN2-. The quantitative estimate of drug-likeness (QED) is 0.410. The van der Waals surface area contributed by atoms with Crippen molar-refractivity contribution in [2.24, 2.45) is 0 Å². The molecule has 0 aliphatic carbocycles. The summed E-state index contributed by atoms with van der Waals surface area (Å²) in [5.74, 6) is 0. The maximum Gasteiger partial charge on any atom is 0.173 e. The summed E-state index contributed by atoms with van der Waals surface area (Å²) >= 11 is 4.30. The molecule has 26 valence electrons. The highest BCUT2D eigenvalue weighted by Gasteiger charge is 1.23. The van der Waals surface area contributed by atoms with Gasteiger partial charge in [-0.2, -0.15) is 5.26 Å². The second-order valence-electron chi connectivity index (χ2n) is 0.0845. The number of halogens is 1. The number of hydrogen-bond donors (Lipinski definition) is 0. The van der Waals surface area contributed by atoms with Crippen LogP contribution in [0.2, 0.25) is 0 Å². The lowest BCUT2D eigenvalue weighted by atomic mass is 11.8. The Morgan fingerprint density at radius 3 is 1.60 bits per heavy atom. The average molecular weight is 87.5 g/mol. The van der Waals surface area contributed by atoms with Gasteiger partial charge in [-0.15, -0.1) is 0 Å². The fraction of sp³-hybridized carbons (Fsp3) is 0. The van der Waals surface area contributed by atoms with E-state index in [4.69, 9.17) is 17.1 Å².